The van der Waals surface area contributed by atoms with E-state index in [1.807, 2.05) is 18.2 Å². The van der Waals surface area contributed by atoms with Gasteiger partial charge in [0.2, 0.25) is 0 Å². The summed E-state index contributed by atoms with van der Waals surface area (Å²) in [4.78, 5) is 28.5. The zero-order chi connectivity index (χ0) is 16.9. The first-order valence-corrected chi connectivity index (χ1v) is 7.99. The van der Waals surface area contributed by atoms with E-state index in [9.17, 15) is 9.59 Å². The van der Waals surface area contributed by atoms with Gasteiger partial charge in [-0.1, -0.05) is 18.2 Å². The second-order valence-corrected chi connectivity index (χ2v) is 5.70. The van der Waals surface area contributed by atoms with E-state index < -0.39 is 5.97 Å². The Morgan fingerprint density at radius 2 is 2.21 bits per heavy atom. The van der Waals surface area contributed by atoms with Crippen LogP contribution >= 0.6 is 11.3 Å². The molecule has 1 aromatic carbocycles. The van der Waals surface area contributed by atoms with Gasteiger partial charge in [-0.05, 0) is 12.1 Å². The summed E-state index contributed by atoms with van der Waals surface area (Å²) >= 11 is 1.35. The molecule has 2 heterocycles. The molecule has 3 aromatic rings. The first-order valence-electron chi connectivity index (χ1n) is 7.11. The fourth-order valence-corrected chi connectivity index (χ4v) is 2.86. The minimum Gasteiger partial charge on any atom is -0.496 e. The lowest BCUT2D eigenvalue weighted by Gasteiger charge is -2.04. The monoisotopic (exact) mass is 342 g/mol. The predicted octanol–water partition coefficient (Wildman–Crippen LogP) is 2.52. The summed E-state index contributed by atoms with van der Waals surface area (Å²) in [5, 5.41) is 1.77. The van der Waals surface area contributed by atoms with Gasteiger partial charge in [0.25, 0.3) is 5.56 Å². The molecule has 7 heteroatoms. The molecule has 0 saturated heterocycles. The van der Waals surface area contributed by atoms with E-state index in [1.165, 1.54) is 27.9 Å². The van der Waals surface area contributed by atoms with Crippen LogP contribution in [0.2, 0.25) is 0 Å². The molecule has 2 aromatic heterocycles. The Morgan fingerprint density at radius 3 is 3.04 bits per heavy atom. The van der Waals surface area contributed by atoms with Crippen LogP contribution in [-0.4, -0.2) is 22.5 Å². The smallest absolute Gasteiger partial charge is 0.331 e. The summed E-state index contributed by atoms with van der Waals surface area (Å²) in [6, 6.07) is 8.69. The van der Waals surface area contributed by atoms with Gasteiger partial charge in [-0.2, -0.15) is 0 Å². The molecule has 3 rings (SSSR count). The highest BCUT2D eigenvalue weighted by Gasteiger charge is 2.06. The fourth-order valence-electron chi connectivity index (χ4n) is 2.12. The number of nitrogens with zero attached hydrogens (tertiary/aromatic N) is 2. The highest BCUT2D eigenvalue weighted by Crippen LogP contribution is 2.18. The van der Waals surface area contributed by atoms with Crippen LogP contribution in [0.4, 0.5) is 0 Å². The number of esters is 1. The largest absolute Gasteiger partial charge is 0.496 e. The highest BCUT2D eigenvalue weighted by atomic mass is 32.1. The van der Waals surface area contributed by atoms with Gasteiger partial charge in [0, 0.05) is 29.3 Å². The van der Waals surface area contributed by atoms with Crippen molar-refractivity contribution in [3.8, 4) is 5.75 Å². The molecule has 122 valence electrons. The number of thiazole rings is 1. The number of fused-ring (bicyclic) bond motifs is 1. The summed E-state index contributed by atoms with van der Waals surface area (Å²) in [5.41, 5.74) is 0.992. The summed E-state index contributed by atoms with van der Waals surface area (Å²) in [6.45, 7) is -0.0568. The number of ether oxygens (including phenoxy) is 2. The Morgan fingerprint density at radius 1 is 1.38 bits per heavy atom. The van der Waals surface area contributed by atoms with E-state index in [0.717, 1.165) is 5.56 Å². The van der Waals surface area contributed by atoms with Crippen LogP contribution in [0.1, 0.15) is 11.3 Å². The van der Waals surface area contributed by atoms with E-state index in [4.69, 9.17) is 9.47 Å². The maximum atomic E-state index is 11.8. The summed E-state index contributed by atoms with van der Waals surface area (Å²) in [5.74, 6) is 0.147. The minimum atomic E-state index is -0.519. The fraction of sp³-hybridized carbons (Fsp3) is 0.118. The first kappa shape index (κ1) is 15.9. The molecule has 0 aliphatic rings. The predicted molar refractivity (Wildman–Crippen MR) is 91.2 cm³/mol. The molecule has 0 aliphatic carbocycles. The number of para-hydroxylation sites is 1. The van der Waals surface area contributed by atoms with Crippen LogP contribution in [-0.2, 0) is 16.1 Å². The molecule has 0 atom stereocenters. The van der Waals surface area contributed by atoms with E-state index in [0.29, 0.717) is 16.4 Å². The Balaban J connectivity index is 1.66. The average molecular weight is 342 g/mol. The number of hydrogen-bond donors (Lipinski definition) is 0. The maximum Gasteiger partial charge on any atom is 0.331 e. The minimum absolute atomic E-state index is 0.0568. The Hall–Kier alpha value is -2.93. The lowest BCUT2D eigenvalue weighted by atomic mass is 10.2. The summed E-state index contributed by atoms with van der Waals surface area (Å²) < 4.78 is 11.8. The summed E-state index contributed by atoms with van der Waals surface area (Å²) in [7, 11) is 1.57. The topological polar surface area (TPSA) is 69.9 Å². The highest BCUT2D eigenvalue weighted by molar-refractivity contribution is 7.15. The van der Waals surface area contributed by atoms with Crippen LogP contribution < -0.4 is 10.3 Å². The molecule has 0 amide bonds. The van der Waals surface area contributed by atoms with Crippen LogP contribution in [0, 0.1) is 0 Å². The molecular formula is C17H14N2O4S. The van der Waals surface area contributed by atoms with E-state index in [1.54, 1.807) is 30.8 Å². The summed E-state index contributed by atoms with van der Waals surface area (Å²) in [6.07, 6.45) is 4.58. The van der Waals surface area contributed by atoms with Crippen molar-refractivity contribution in [2.75, 3.05) is 7.11 Å². The molecule has 0 saturated carbocycles. The first-order chi connectivity index (χ1) is 11.7. The molecule has 0 bridgehead atoms. The van der Waals surface area contributed by atoms with Gasteiger partial charge in [-0.3, -0.25) is 9.20 Å². The number of rotatable bonds is 5. The third kappa shape index (κ3) is 3.52. The molecule has 6 nitrogen and oxygen atoms in total. The van der Waals surface area contributed by atoms with Gasteiger partial charge in [-0.15, -0.1) is 11.3 Å². The zero-order valence-electron chi connectivity index (χ0n) is 12.8. The third-order valence-corrected chi connectivity index (χ3v) is 4.01. The lowest BCUT2D eigenvalue weighted by Crippen LogP contribution is -2.14. The number of methoxy groups -OCH3 is 1. The molecule has 0 radical (unpaired) electrons. The second-order valence-electron chi connectivity index (χ2n) is 4.82. The van der Waals surface area contributed by atoms with Crippen molar-refractivity contribution in [1.29, 1.82) is 0 Å². The quantitative estimate of drug-likeness (QED) is 0.526. The molecule has 0 aliphatic heterocycles. The van der Waals surface area contributed by atoms with Crippen molar-refractivity contribution in [2.24, 2.45) is 0 Å². The normalized spacial score (nSPS) is 11.0. The molecule has 0 unspecified atom stereocenters. The SMILES string of the molecule is COc1ccccc1/C=C/C(=O)OCc1cc(=O)n2ccsc2n1. The Bertz CT molecular complexity index is 958. The third-order valence-electron chi connectivity index (χ3n) is 3.26. The van der Waals surface area contributed by atoms with Crippen molar-refractivity contribution in [2.45, 2.75) is 6.61 Å². The van der Waals surface area contributed by atoms with Crippen LogP contribution in [0.25, 0.3) is 11.0 Å². The van der Waals surface area contributed by atoms with E-state index >= 15 is 0 Å². The van der Waals surface area contributed by atoms with Crippen molar-refractivity contribution in [3.63, 3.8) is 0 Å². The van der Waals surface area contributed by atoms with E-state index in [2.05, 4.69) is 4.98 Å². The molecule has 0 N–H and O–H groups in total. The molecule has 24 heavy (non-hydrogen) atoms. The van der Waals surface area contributed by atoms with E-state index in [-0.39, 0.29) is 12.2 Å². The second kappa shape index (κ2) is 7.10. The van der Waals surface area contributed by atoms with Crippen LogP contribution in [0.15, 0.2) is 52.8 Å². The molecule has 0 fully saturated rings. The van der Waals surface area contributed by atoms with Gasteiger partial charge in [0.05, 0.1) is 12.8 Å². The molecular weight excluding hydrogens is 328 g/mol. The molecule has 0 spiro atoms. The van der Waals surface area contributed by atoms with Crippen LogP contribution in [0.5, 0.6) is 5.75 Å². The van der Waals surface area contributed by atoms with Gasteiger partial charge in [0.1, 0.15) is 12.4 Å². The number of hydrogen-bond acceptors (Lipinski definition) is 6. The van der Waals surface area contributed by atoms with Crippen molar-refractivity contribution >= 4 is 28.3 Å². The number of benzene rings is 1. The van der Waals surface area contributed by atoms with Crippen molar-refractivity contribution in [1.82, 2.24) is 9.38 Å². The zero-order valence-corrected chi connectivity index (χ0v) is 13.7. The number of aromatic nitrogens is 2. The van der Waals surface area contributed by atoms with Crippen LogP contribution in [0.3, 0.4) is 0 Å². The van der Waals surface area contributed by atoms with Crippen molar-refractivity contribution in [3.05, 3.63) is 69.6 Å². The lowest BCUT2D eigenvalue weighted by molar-refractivity contribution is -0.139. The van der Waals surface area contributed by atoms with Gasteiger partial charge < -0.3 is 9.47 Å². The average Bonchev–Trinajstić information content (AvgIpc) is 3.07. The Labute approximate surface area is 141 Å². The van der Waals surface area contributed by atoms with Gasteiger partial charge in [0.15, 0.2) is 4.96 Å². The Kier molecular flexibility index (Phi) is 4.72. The van der Waals surface area contributed by atoms with Gasteiger partial charge >= 0.3 is 5.97 Å². The standard InChI is InChI=1S/C17H14N2O4S/c1-22-14-5-3-2-4-12(14)6-7-16(21)23-11-13-10-15(20)19-8-9-24-17(19)18-13/h2-10H,11H2,1H3/b7-6+. The van der Waals surface area contributed by atoms with Gasteiger partial charge in [-0.25, -0.2) is 9.78 Å². The number of carbonyl (C=O) groups excluding carboxylic acids is 1. The number of carbonyl (C=O) groups is 1. The maximum absolute atomic E-state index is 11.8. The van der Waals surface area contributed by atoms with Crippen molar-refractivity contribution < 1.29 is 14.3 Å².